The quantitative estimate of drug-likeness (QED) is 0.300. The fourth-order valence-electron chi connectivity index (χ4n) is 6.66. The van der Waals surface area contributed by atoms with Gasteiger partial charge in [-0.2, -0.15) is 0 Å². The van der Waals surface area contributed by atoms with Crippen molar-refractivity contribution < 1.29 is 74.5 Å². The van der Waals surface area contributed by atoms with Crippen LogP contribution in [-0.2, 0) is 26.2 Å². The molecule has 35 heavy (non-hydrogen) atoms. The molecule has 3 aliphatic carbocycles. The largest absolute Gasteiger partial charge is 3.00 e. The Morgan fingerprint density at radius 3 is 1.11 bits per heavy atom. The summed E-state index contributed by atoms with van der Waals surface area (Å²) in [7, 11) is 0. The minimum atomic E-state index is 0. The molecule has 0 aliphatic heterocycles. The topological polar surface area (TPSA) is 51.7 Å². The van der Waals surface area contributed by atoms with Gasteiger partial charge in [-0.15, -0.1) is 0 Å². The maximum absolute atomic E-state index is 9.21. The van der Waals surface area contributed by atoms with E-state index in [0.717, 1.165) is 64.4 Å². The van der Waals surface area contributed by atoms with E-state index in [9.17, 15) is 5.11 Å². The number of para-hydroxylation sites is 1. The maximum atomic E-state index is 9.21. The zero-order chi connectivity index (χ0) is 21.9. The molecular weight excluding hydrogens is 536 g/mol. The van der Waals surface area contributed by atoms with Gasteiger partial charge in [0.1, 0.15) is 5.75 Å². The fraction of sp³-hybridized carbons (Fsp3) is 0.710. The number of phenols is 1. The number of hydrogen-bond acceptors (Lipinski definition) is 1. The van der Waals surface area contributed by atoms with Crippen LogP contribution in [-0.4, -0.2) is 10.6 Å². The first-order valence-corrected chi connectivity index (χ1v) is 12.3. The molecule has 3 N–H and O–H groups in total. The molecule has 2 nitrogen and oxygen atoms in total. The predicted molar refractivity (Wildman–Crippen MR) is 150 cm³/mol. The molecule has 1 aromatic carbocycles. The van der Waals surface area contributed by atoms with Gasteiger partial charge in [0.25, 0.3) is 0 Å². The Bertz CT molecular complexity index is 583. The summed E-state index contributed by atoms with van der Waals surface area (Å²) in [5.41, 5.74) is 1.88. The van der Waals surface area contributed by atoms with Crippen LogP contribution < -0.4 is 0 Å². The number of fused-ring (bicyclic) bond motifs is 1. The number of rotatable bonds is 0. The van der Waals surface area contributed by atoms with Gasteiger partial charge in [0, 0.05) is 37.7 Å². The van der Waals surface area contributed by atoms with Crippen molar-refractivity contribution in [3.05, 3.63) is 51.6 Å². The van der Waals surface area contributed by atoms with Crippen LogP contribution in [0.2, 0.25) is 0 Å². The van der Waals surface area contributed by atoms with Gasteiger partial charge in [-0.3, -0.25) is 0 Å². The van der Waals surface area contributed by atoms with E-state index >= 15 is 0 Å². The Balaban J connectivity index is -0.000000127. The molecule has 1 aromatic rings. The van der Waals surface area contributed by atoms with Gasteiger partial charge in [-0.05, 0) is 78.2 Å². The maximum Gasteiger partial charge on any atom is 3.00 e. The molecule has 207 valence electrons. The molecule has 1 radical (unpaired) electrons. The summed E-state index contributed by atoms with van der Waals surface area (Å²) < 4.78 is 0. The molecule has 4 rings (SSSR count). The van der Waals surface area contributed by atoms with Crippen molar-refractivity contribution in [1.82, 2.24) is 0 Å². The molecule has 0 amide bonds. The van der Waals surface area contributed by atoms with E-state index in [1.165, 1.54) is 25.7 Å². The molecule has 0 aromatic heterocycles. The molecule has 4 unspecified atom stereocenters. The van der Waals surface area contributed by atoms with E-state index < -0.39 is 0 Å². The average molecular weight is 595 g/mol. The van der Waals surface area contributed by atoms with Crippen LogP contribution in [0.5, 0.6) is 5.75 Å². The van der Waals surface area contributed by atoms with Gasteiger partial charge < -0.3 is 32.9 Å². The third kappa shape index (κ3) is 11.4. The van der Waals surface area contributed by atoms with Gasteiger partial charge in [-0.1, -0.05) is 92.3 Å². The third-order valence-corrected chi connectivity index (χ3v) is 9.27. The molecule has 0 bridgehead atoms. The van der Waals surface area contributed by atoms with Gasteiger partial charge in [0.15, 0.2) is 0 Å². The minimum absolute atomic E-state index is 0. The molecule has 0 spiro atoms. The van der Waals surface area contributed by atoms with Crippen molar-refractivity contribution in [2.75, 3.05) is 0 Å². The van der Waals surface area contributed by atoms with E-state index in [0.29, 0.717) is 5.75 Å². The van der Waals surface area contributed by atoms with Gasteiger partial charge >= 0.3 is 26.2 Å². The number of aromatic hydroxyl groups is 1. The second kappa shape index (κ2) is 21.0. The van der Waals surface area contributed by atoms with Crippen LogP contribution in [0.15, 0.2) is 18.2 Å². The second-order valence-electron chi connectivity index (χ2n) is 10.9. The summed E-state index contributed by atoms with van der Waals surface area (Å²) in [6, 6.07) is 5.72. The van der Waals surface area contributed by atoms with Gasteiger partial charge in [0.2, 0.25) is 0 Å². The summed E-state index contributed by atoms with van der Waals surface area (Å²) in [5, 5.41) is 9.21. The zero-order valence-corrected chi connectivity index (χ0v) is 28.2. The van der Waals surface area contributed by atoms with Crippen LogP contribution in [0, 0.1) is 127 Å². The molecule has 3 fully saturated rings. The van der Waals surface area contributed by atoms with Crippen LogP contribution in [0.4, 0.5) is 0 Å². The Hall–Kier alpha value is 1.12. The molecule has 3 saturated carbocycles. The van der Waals surface area contributed by atoms with Gasteiger partial charge in [0.05, 0.1) is 0 Å². The van der Waals surface area contributed by atoms with Crippen molar-refractivity contribution >= 4 is 0 Å². The normalized spacial score (nSPS) is 32.0. The molecule has 4 atom stereocenters. The fourth-order valence-corrected chi connectivity index (χ4v) is 6.66. The first-order valence-electron chi connectivity index (χ1n) is 12.3. The Labute approximate surface area is 270 Å². The number of hydrogen-bond donors (Lipinski definition) is 1. The number of benzene rings is 1. The van der Waals surface area contributed by atoms with E-state index in [1.807, 2.05) is 32.0 Å². The van der Waals surface area contributed by atoms with Crippen molar-refractivity contribution in [3.63, 3.8) is 0 Å². The molecule has 4 heteroatoms. The summed E-state index contributed by atoms with van der Waals surface area (Å²) in [6.45, 7) is 21.0. The van der Waals surface area contributed by atoms with Crippen LogP contribution in [0.25, 0.3) is 0 Å². The number of aryl methyl sites for hydroxylation is 2. The summed E-state index contributed by atoms with van der Waals surface area (Å²) in [4.78, 5) is 0. The van der Waals surface area contributed by atoms with Crippen LogP contribution in [0.1, 0.15) is 85.3 Å². The smallest absolute Gasteiger partial charge is 0.507 e. The Morgan fingerprint density at radius 1 is 0.629 bits per heavy atom. The molecule has 3 aliphatic rings. The summed E-state index contributed by atoms with van der Waals surface area (Å²) >= 11 is 0. The number of phenolic OH excluding ortho intramolecular Hbond substituents is 1. The first kappa shape index (κ1) is 46.0. The van der Waals surface area contributed by atoms with Crippen molar-refractivity contribution in [3.8, 4) is 5.75 Å². The first-order chi connectivity index (χ1) is 13.6. The standard InChI is InChI=1S/C14H26.C8H10O.C6H12.3CH3.Ar.H2O.Zr/c1-7-9(3)13-11(5)8(2)12(6)14(13)10(7)4;1-6-4-3-5-7(2)8(6)9;1-6-4-2-3-5-6;;;;;;/h7-14H,1-6H3;3-5,9H,1-2H3;6H,2-5H2,1H3;3*1H3;;1H2;/q;;;3*-1;;;+3. The molecule has 0 heterocycles. The molecule has 0 saturated heterocycles. The Kier molecular flexibility index (Phi) is 27.6. The minimum Gasteiger partial charge on any atom is -0.507 e. The van der Waals surface area contributed by atoms with Crippen LogP contribution >= 0.6 is 0 Å². The van der Waals surface area contributed by atoms with E-state index in [2.05, 4.69) is 48.5 Å². The molecular formula is C31H59ArO2Zr. The summed E-state index contributed by atoms with van der Waals surface area (Å²) in [6.07, 6.45) is 5.95. The predicted octanol–water partition coefficient (Wildman–Crippen LogP) is 8.79. The summed E-state index contributed by atoms with van der Waals surface area (Å²) in [5.74, 6) is 9.21. The van der Waals surface area contributed by atoms with Crippen molar-refractivity contribution in [1.29, 1.82) is 0 Å². The zero-order valence-electron chi connectivity index (χ0n) is 25.1. The van der Waals surface area contributed by atoms with Gasteiger partial charge in [-0.25, -0.2) is 0 Å². The van der Waals surface area contributed by atoms with Crippen LogP contribution in [0.3, 0.4) is 0 Å². The van der Waals surface area contributed by atoms with Crippen molar-refractivity contribution in [2.24, 2.45) is 53.3 Å². The average Bonchev–Trinajstić information content (AvgIpc) is 3.32. The SMILES string of the molecule is CC1C(C)C2C(C)C(C)C(C)C2C1C.CC1CCCC1.Cc1cccc(C)c1O.O.[Ar].[CH3-].[CH3-].[CH3-].[Zr+3]. The Morgan fingerprint density at radius 2 is 0.914 bits per heavy atom. The monoisotopic (exact) mass is 593 g/mol. The van der Waals surface area contributed by atoms with E-state index in [1.54, 1.807) is 0 Å². The van der Waals surface area contributed by atoms with E-state index in [-0.39, 0.29) is 91.7 Å². The third-order valence-electron chi connectivity index (χ3n) is 9.27. The van der Waals surface area contributed by atoms with E-state index in [4.69, 9.17) is 0 Å². The second-order valence-corrected chi connectivity index (χ2v) is 10.9. The van der Waals surface area contributed by atoms with Crippen molar-refractivity contribution in [2.45, 2.75) is 88.0 Å².